The van der Waals surface area contributed by atoms with Crippen molar-refractivity contribution in [3.05, 3.63) is 28.8 Å². The summed E-state index contributed by atoms with van der Waals surface area (Å²) in [6, 6.07) is 5.28. The van der Waals surface area contributed by atoms with Gasteiger partial charge in [0.1, 0.15) is 5.75 Å². The van der Waals surface area contributed by atoms with Crippen molar-refractivity contribution < 1.29 is 24.2 Å². The lowest BCUT2D eigenvalue weighted by Gasteiger charge is -2.34. The van der Waals surface area contributed by atoms with E-state index in [4.69, 9.17) is 26.2 Å². The van der Waals surface area contributed by atoms with Gasteiger partial charge in [-0.3, -0.25) is 9.69 Å². The average molecular weight is 409 g/mol. The number of amides is 1. The minimum atomic E-state index is -1.03. The van der Waals surface area contributed by atoms with Crippen LogP contribution in [0.2, 0.25) is 5.02 Å². The van der Waals surface area contributed by atoms with Crippen LogP contribution < -0.4 is 4.74 Å². The van der Waals surface area contributed by atoms with Crippen molar-refractivity contribution in [3.63, 3.8) is 0 Å². The Morgan fingerprint density at radius 1 is 1.46 bits per heavy atom. The van der Waals surface area contributed by atoms with Crippen LogP contribution in [-0.4, -0.2) is 64.4 Å². The molecular formula is C20H25ClN2O5. The summed E-state index contributed by atoms with van der Waals surface area (Å²) in [7, 11) is 0. The zero-order chi connectivity index (χ0) is 20.1. The van der Waals surface area contributed by atoms with Gasteiger partial charge in [0.15, 0.2) is 12.3 Å². The maximum Gasteiger partial charge on any atom is 0.341 e. The Balaban J connectivity index is 1.56. The number of ether oxygens (including phenoxy) is 2. The first-order valence-corrected chi connectivity index (χ1v) is 10.0. The Morgan fingerprint density at radius 3 is 2.96 bits per heavy atom. The molecule has 7 nitrogen and oxygen atoms in total. The van der Waals surface area contributed by atoms with Crippen molar-refractivity contribution in [3.8, 4) is 5.75 Å². The highest BCUT2D eigenvalue weighted by Crippen LogP contribution is 2.49. The Morgan fingerprint density at radius 2 is 2.25 bits per heavy atom. The van der Waals surface area contributed by atoms with Gasteiger partial charge in [0, 0.05) is 36.5 Å². The number of aliphatic carboxylic acids is 1. The SMILES string of the molecule is CC(C)[C@@H]1CO[C@@]23CCN(Cc4cc(Cl)ccc4OCC(=O)O)[C@@H]2CC(=O)N13. The Kier molecular flexibility index (Phi) is 5.02. The summed E-state index contributed by atoms with van der Waals surface area (Å²) in [6.45, 7) is 5.74. The molecule has 1 aromatic carbocycles. The van der Waals surface area contributed by atoms with E-state index in [9.17, 15) is 9.59 Å². The molecule has 1 N–H and O–H groups in total. The maximum absolute atomic E-state index is 12.8. The van der Waals surface area contributed by atoms with Crippen LogP contribution in [0.5, 0.6) is 5.75 Å². The van der Waals surface area contributed by atoms with Crippen molar-refractivity contribution in [2.75, 3.05) is 19.8 Å². The molecule has 0 bridgehead atoms. The highest BCUT2D eigenvalue weighted by Gasteiger charge is 2.64. The zero-order valence-electron chi connectivity index (χ0n) is 16.1. The van der Waals surface area contributed by atoms with Gasteiger partial charge < -0.3 is 19.5 Å². The number of rotatable bonds is 6. The van der Waals surface area contributed by atoms with Gasteiger partial charge in [0.25, 0.3) is 0 Å². The van der Waals surface area contributed by atoms with Crippen LogP contribution >= 0.6 is 11.6 Å². The summed E-state index contributed by atoms with van der Waals surface area (Å²) >= 11 is 6.16. The number of carbonyl (C=O) groups is 2. The smallest absolute Gasteiger partial charge is 0.341 e. The summed E-state index contributed by atoms with van der Waals surface area (Å²) < 4.78 is 11.7. The number of likely N-dealkylation sites (tertiary alicyclic amines) is 1. The van der Waals surface area contributed by atoms with Crippen molar-refractivity contribution in [1.29, 1.82) is 0 Å². The zero-order valence-corrected chi connectivity index (χ0v) is 16.8. The molecule has 0 radical (unpaired) electrons. The first-order chi connectivity index (χ1) is 13.3. The molecule has 3 heterocycles. The molecule has 0 unspecified atom stereocenters. The van der Waals surface area contributed by atoms with Crippen LogP contribution in [0.1, 0.15) is 32.3 Å². The molecule has 4 rings (SSSR count). The summed E-state index contributed by atoms with van der Waals surface area (Å²) in [5.41, 5.74) is 0.280. The van der Waals surface area contributed by atoms with Crippen molar-refractivity contribution in [1.82, 2.24) is 9.80 Å². The molecule has 1 spiro atoms. The Labute approximate surface area is 169 Å². The highest BCUT2D eigenvalue weighted by atomic mass is 35.5. The van der Waals surface area contributed by atoms with Gasteiger partial charge in [-0.15, -0.1) is 0 Å². The maximum atomic E-state index is 12.8. The van der Waals surface area contributed by atoms with Crippen LogP contribution in [0.25, 0.3) is 0 Å². The molecule has 0 aliphatic carbocycles. The van der Waals surface area contributed by atoms with Gasteiger partial charge in [0.2, 0.25) is 5.91 Å². The first kappa shape index (κ1) is 19.5. The number of hydrogen-bond donors (Lipinski definition) is 1. The van der Waals surface area contributed by atoms with E-state index in [1.54, 1.807) is 18.2 Å². The lowest BCUT2D eigenvalue weighted by Crippen LogP contribution is -2.50. The standard InChI is InChI=1S/C20H25ClN2O5/c1-12(2)15-10-28-20-5-6-22(17(20)8-18(24)23(15)20)9-13-7-14(21)3-4-16(13)27-11-19(25)26/h3-4,7,12,15,17H,5-6,8-11H2,1-2H3,(H,25,26)/t15-,17+,20-/m0/s1. The number of halogens is 1. The second-order valence-corrected chi connectivity index (χ2v) is 8.54. The molecular weight excluding hydrogens is 384 g/mol. The minimum absolute atomic E-state index is 0.0185. The number of nitrogens with zero attached hydrogens (tertiary/aromatic N) is 2. The third kappa shape index (κ3) is 3.15. The van der Waals surface area contributed by atoms with Gasteiger partial charge in [-0.25, -0.2) is 4.79 Å². The molecule has 28 heavy (non-hydrogen) atoms. The number of carbonyl (C=O) groups excluding carboxylic acids is 1. The largest absolute Gasteiger partial charge is 0.482 e. The van der Waals surface area contributed by atoms with E-state index in [1.165, 1.54) is 0 Å². The topological polar surface area (TPSA) is 79.3 Å². The molecule has 3 aliphatic rings. The fourth-order valence-corrected chi connectivity index (χ4v) is 5.01. The monoisotopic (exact) mass is 408 g/mol. The number of carboxylic acids is 1. The number of carboxylic acid groups (broad SMARTS) is 1. The summed E-state index contributed by atoms with van der Waals surface area (Å²) in [5, 5.41) is 9.47. The van der Waals surface area contributed by atoms with Crippen LogP contribution in [0, 0.1) is 5.92 Å². The second-order valence-electron chi connectivity index (χ2n) is 8.11. The molecule has 0 saturated carbocycles. The van der Waals surface area contributed by atoms with Crippen molar-refractivity contribution in [2.24, 2.45) is 5.92 Å². The van der Waals surface area contributed by atoms with E-state index in [0.717, 1.165) is 18.5 Å². The molecule has 3 saturated heterocycles. The molecule has 3 aliphatic heterocycles. The van der Waals surface area contributed by atoms with Crippen LogP contribution in [0.3, 0.4) is 0 Å². The van der Waals surface area contributed by atoms with E-state index in [2.05, 4.69) is 18.7 Å². The number of hydrogen-bond acceptors (Lipinski definition) is 5. The van der Waals surface area contributed by atoms with Gasteiger partial charge in [-0.05, 0) is 24.1 Å². The molecule has 1 amide bonds. The van der Waals surface area contributed by atoms with E-state index in [-0.39, 0.29) is 18.0 Å². The van der Waals surface area contributed by atoms with Gasteiger partial charge in [0.05, 0.1) is 18.7 Å². The lowest BCUT2D eigenvalue weighted by atomic mass is 10.0. The fraction of sp³-hybridized carbons (Fsp3) is 0.600. The van der Waals surface area contributed by atoms with Crippen LogP contribution in [0.4, 0.5) is 0 Å². The summed E-state index contributed by atoms with van der Waals surface area (Å²) in [5.74, 6) is -0.0297. The summed E-state index contributed by atoms with van der Waals surface area (Å²) in [6.07, 6.45) is 1.22. The third-order valence-electron chi connectivity index (χ3n) is 6.12. The van der Waals surface area contributed by atoms with Gasteiger partial charge >= 0.3 is 5.97 Å². The quantitative estimate of drug-likeness (QED) is 0.778. The fourth-order valence-electron chi connectivity index (χ4n) is 4.81. The van der Waals surface area contributed by atoms with Gasteiger partial charge in [-0.2, -0.15) is 0 Å². The lowest BCUT2D eigenvalue weighted by molar-refractivity contribution is -0.140. The third-order valence-corrected chi connectivity index (χ3v) is 6.35. The predicted octanol–water partition coefficient (Wildman–Crippen LogP) is 2.36. The minimum Gasteiger partial charge on any atom is -0.482 e. The van der Waals surface area contributed by atoms with Crippen LogP contribution in [-0.2, 0) is 20.9 Å². The first-order valence-electron chi connectivity index (χ1n) is 9.65. The number of benzene rings is 1. The normalized spacial score (nSPS) is 29.4. The van der Waals surface area contributed by atoms with Crippen LogP contribution in [0.15, 0.2) is 18.2 Å². The van der Waals surface area contributed by atoms with Crippen molar-refractivity contribution >= 4 is 23.5 Å². The van der Waals surface area contributed by atoms with E-state index in [0.29, 0.717) is 36.3 Å². The molecule has 0 aromatic heterocycles. The molecule has 3 fully saturated rings. The van der Waals surface area contributed by atoms with E-state index < -0.39 is 18.3 Å². The van der Waals surface area contributed by atoms with E-state index >= 15 is 0 Å². The highest BCUT2D eigenvalue weighted by molar-refractivity contribution is 6.30. The van der Waals surface area contributed by atoms with Gasteiger partial charge in [-0.1, -0.05) is 25.4 Å². The Bertz CT molecular complexity index is 801. The second kappa shape index (κ2) is 7.21. The molecule has 8 heteroatoms. The average Bonchev–Trinajstić information content (AvgIpc) is 3.24. The molecule has 152 valence electrons. The predicted molar refractivity (Wildman–Crippen MR) is 102 cm³/mol. The molecule has 1 aromatic rings. The van der Waals surface area contributed by atoms with E-state index in [1.807, 2.05) is 4.90 Å². The Hall–Kier alpha value is -1.83. The summed E-state index contributed by atoms with van der Waals surface area (Å²) in [4.78, 5) is 27.9. The van der Waals surface area contributed by atoms with Crippen molar-refractivity contribution in [2.45, 2.75) is 51.0 Å². The molecule has 3 atom stereocenters.